The highest BCUT2D eigenvalue weighted by atomic mass is 19.4. The van der Waals surface area contributed by atoms with E-state index in [9.17, 15) is 18.3 Å². The van der Waals surface area contributed by atoms with Gasteiger partial charge in [0.15, 0.2) is 0 Å². The molecule has 8 heteroatoms. The summed E-state index contributed by atoms with van der Waals surface area (Å²) in [6.07, 6.45) is -3.56. The minimum absolute atomic E-state index is 0.0275. The third-order valence-corrected chi connectivity index (χ3v) is 3.22. The van der Waals surface area contributed by atoms with Crippen LogP contribution >= 0.6 is 0 Å². The predicted molar refractivity (Wildman–Crippen MR) is 80.5 cm³/mol. The smallest absolute Gasteiger partial charge is 0.416 e. The minimum atomic E-state index is -4.38. The van der Waals surface area contributed by atoms with Gasteiger partial charge in [0.25, 0.3) is 0 Å². The summed E-state index contributed by atoms with van der Waals surface area (Å²) in [4.78, 5) is 5.88. The van der Waals surface area contributed by atoms with E-state index in [4.69, 9.17) is 9.15 Å². The van der Waals surface area contributed by atoms with Crippen molar-refractivity contribution in [3.05, 3.63) is 47.7 Å². The van der Waals surface area contributed by atoms with E-state index in [0.29, 0.717) is 24.7 Å². The zero-order valence-electron chi connectivity index (χ0n) is 13.4. The summed E-state index contributed by atoms with van der Waals surface area (Å²) >= 11 is 0. The van der Waals surface area contributed by atoms with E-state index >= 15 is 0 Å². The molecular weight excluding hydrogens is 325 g/mol. The number of hydrogen-bond donors (Lipinski definition) is 1. The molecule has 24 heavy (non-hydrogen) atoms. The predicted octanol–water partition coefficient (Wildman–Crippen LogP) is 2.87. The van der Waals surface area contributed by atoms with Gasteiger partial charge < -0.3 is 14.3 Å². The van der Waals surface area contributed by atoms with E-state index in [1.807, 2.05) is 4.90 Å². The molecule has 132 valence electrons. The largest absolute Gasteiger partial charge is 0.491 e. The molecule has 1 unspecified atom stereocenters. The van der Waals surface area contributed by atoms with E-state index < -0.39 is 17.8 Å². The van der Waals surface area contributed by atoms with Gasteiger partial charge in [0, 0.05) is 6.54 Å². The zero-order chi connectivity index (χ0) is 17.7. The molecule has 0 fully saturated rings. The van der Waals surface area contributed by atoms with Gasteiger partial charge in [0.1, 0.15) is 24.2 Å². The number of aryl methyl sites for hydroxylation is 1. The van der Waals surface area contributed by atoms with Gasteiger partial charge in [-0.05, 0) is 38.2 Å². The fourth-order valence-electron chi connectivity index (χ4n) is 2.12. The van der Waals surface area contributed by atoms with Crippen molar-refractivity contribution in [2.24, 2.45) is 0 Å². The number of aliphatic hydroxyl groups is 1. The molecule has 0 spiro atoms. The number of hydrogen-bond acceptors (Lipinski definition) is 5. The number of rotatable bonds is 7. The van der Waals surface area contributed by atoms with E-state index in [1.165, 1.54) is 12.1 Å². The molecule has 0 saturated heterocycles. The van der Waals surface area contributed by atoms with Crippen LogP contribution in [0.1, 0.15) is 17.2 Å². The summed E-state index contributed by atoms with van der Waals surface area (Å²) in [6.45, 7) is 2.51. The summed E-state index contributed by atoms with van der Waals surface area (Å²) in [6, 6.07) is 4.35. The molecule has 0 aliphatic heterocycles. The Hall–Kier alpha value is -2.06. The number of alkyl halides is 3. The van der Waals surface area contributed by atoms with Crippen LogP contribution in [0.4, 0.5) is 13.2 Å². The number of likely N-dealkylation sites (N-methyl/N-ethyl adjacent to an activating group) is 1. The topological polar surface area (TPSA) is 58.7 Å². The van der Waals surface area contributed by atoms with E-state index in [-0.39, 0.29) is 12.4 Å². The molecule has 1 atom stereocenters. The monoisotopic (exact) mass is 344 g/mol. The van der Waals surface area contributed by atoms with Gasteiger partial charge in [0.2, 0.25) is 5.89 Å². The average Bonchev–Trinajstić information content (AvgIpc) is 2.89. The van der Waals surface area contributed by atoms with Crippen LogP contribution in [-0.2, 0) is 12.7 Å². The Labute approximate surface area is 137 Å². The third-order valence-electron chi connectivity index (χ3n) is 3.22. The number of benzene rings is 1. The second-order valence-electron chi connectivity index (χ2n) is 5.55. The Morgan fingerprint density at radius 1 is 1.29 bits per heavy atom. The zero-order valence-corrected chi connectivity index (χ0v) is 13.4. The minimum Gasteiger partial charge on any atom is -0.491 e. The number of oxazole rings is 1. The Morgan fingerprint density at radius 2 is 1.96 bits per heavy atom. The van der Waals surface area contributed by atoms with Crippen molar-refractivity contribution in [1.82, 2.24) is 9.88 Å². The van der Waals surface area contributed by atoms with Crippen LogP contribution in [0.15, 0.2) is 34.9 Å². The summed E-state index contributed by atoms with van der Waals surface area (Å²) in [5, 5.41) is 9.95. The lowest BCUT2D eigenvalue weighted by atomic mass is 10.2. The van der Waals surface area contributed by atoms with E-state index in [2.05, 4.69) is 4.98 Å². The second-order valence-corrected chi connectivity index (χ2v) is 5.55. The first-order chi connectivity index (χ1) is 11.2. The number of halogens is 3. The van der Waals surface area contributed by atoms with Crippen LogP contribution in [0, 0.1) is 6.92 Å². The Morgan fingerprint density at radius 3 is 2.50 bits per heavy atom. The molecule has 0 radical (unpaired) electrons. The van der Waals surface area contributed by atoms with Gasteiger partial charge in [-0.25, -0.2) is 4.98 Å². The maximum atomic E-state index is 12.5. The van der Waals surface area contributed by atoms with Crippen LogP contribution in [0.2, 0.25) is 0 Å². The van der Waals surface area contributed by atoms with Crippen LogP contribution in [0.5, 0.6) is 5.75 Å². The number of ether oxygens (including phenoxy) is 1. The highest BCUT2D eigenvalue weighted by Crippen LogP contribution is 2.30. The molecule has 1 N–H and O–H groups in total. The highest BCUT2D eigenvalue weighted by molar-refractivity contribution is 5.28. The summed E-state index contributed by atoms with van der Waals surface area (Å²) < 4.78 is 48.0. The SMILES string of the molecule is Cc1cnc(CN(C)CC(O)COc2ccc(C(F)(F)F)cc2)o1. The molecule has 1 aromatic carbocycles. The molecule has 5 nitrogen and oxygen atoms in total. The van der Waals surface area contributed by atoms with E-state index in [1.54, 1.807) is 20.2 Å². The molecule has 0 saturated carbocycles. The maximum Gasteiger partial charge on any atom is 0.416 e. The molecule has 0 aliphatic rings. The Bertz CT molecular complexity index is 641. The van der Waals surface area contributed by atoms with Crippen molar-refractivity contribution in [3.8, 4) is 5.75 Å². The lowest BCUT2D eigenvalue weighted by Crippen LogP contribution is -2.32. The first-order valence-corrected chi connectivity index (χ1v) is 7.32. The number of nitrogens with zero attached hydrogens (tertiary/aromatic N) is 2. The second kappa shape index (κ2) is 7.67. The molecule has 0 amide bonds. The lowest BCUT2D eigenvalue weighted by Gasteiger charge is -2.19. The molecule has 1 heterocycles. The Kier molecular flexibility index (Phi) is 5.84. The van der Waals surface area contributed by atoms with Crippen molar-refractivity contribution < 1.29 is 27.4 Å². The summed E-state index contributed by atoms with van der Waals surface area (Å²) in [5.74, 6) is 1.53. The summed E-state index contributed by atoms with van der Waals surface area (Å²) in [5.41, 5.74) is -0.739. The average molecular weight is 344 g/mol. The summed E-state index contributed by atoms with van der Waals surface area (Å²) in [7, 11) is 1.79. The fraction of sp³-hybridized carbons (Fsp3) is 0.438. The standard InChI is InChI=1S/C16H19F3N2O3/c1-11-7-20-15(24-11)9-21(2)8-13(22)10-23-14-5-3-12(4-6-14)16(17,18)19/h3-7,13,22H,8-10H2,1-2H3. The third kappa shape index (κ3) is 5.54. The van der Waals surface area contributed by atoms with Crippen molar-refractivity contribution in [1.29, 1.82) is 0 Å². The molecule has 2 aromatic rings. The van der Waals surface area contributed by atoms with Crippen molar-refractivity contribution >= 4 is 0 Å². The normalized spacial score (nSPS) is 13.3. The van der Waals surface area contributed by atoms with Gasteiger partial charge in [0.05, 0.1) is 18.3 Å². The molecule has 0 aliphatic carbocycles. The molecule has 2 rings (SSSR count). The fourth-order valence-corrected chi connectivity index (χ4v) is 2.12. The van der Waals surface area contributed by atoms with Crippen LogP contribution < -0.4 is 4.74 Å². The quantitative estimate of drug-likeness (QED) is 0.837. The van der Waals surface area contributed by atoms with E-state index in [0.717, 1.165) is 12.1 Å². The number of aliphatic hydroxyl groups excluding tert-OH is 1. The van der Waals surface area contributed by atoms with Gasteiger partial charge >= 0.3 is 6.18 Å². The maximum absolute atomic E-state index is 12.5. The Balaban J connectivity index is 1.77. The van der Waals surface area contributed by atoms with Crippen LogP contribution in [0.25, 0.3) is 0 Å². The van der Waals surface area contributed by atoms with Crippen molar-refractivity contribution in [2.45, 2.75) is 25.7 Å². The van der Waals surface area contributed by atoms with Gasteiger partial charge in [-0.2, -0.15) is 13.2 Å². The van der Waals surface area contributed by atoms with Gasteiger partial charge in [-0.1, -0.05) is 0 Å². The number of aromatic nitrogens is 1. The van der Waals surface area contributed by atoms with Gasteiger partial charge in [-0.15, -0.1) is 0 Å². The van der Waals surface area contributed by atoms with Crippen LogP contribution in [0.3, 0.4) is 0 Å². The highest BCUT2D eigenvalue weighted by Gasteiger charge is 2.30. The lowest BCUT2D eigenvalue weighted by molar-refractivity contribution is -0.137. The molecule has 0 bridgehead atoms. The first-order valence-electron chi connectivity index (χ1n) is 7.32. The van der Waals surface area contributed by atoms with Crippen LogP contribution in [-0.4, -0.2) is 41.3 Å². The van der Waals surface area contributed by atoms with Crippen molar-refractivity contribution in [2.75, 3.05) is 20.2 Å². The first kappa shape index (κ1) is 18.3. The molecule has 1 aromatic heterocycles. The molecular formula is C16H19F3N2O3. The van der Waals surface area contributed by atoms with Crippen molar-refractivity contribution in [3.63, 3.8) is 0 Å². The van der Waals surface area contributed by atoms with Gasteiger partial charge in [-0.3, -0.25) is 4.90 Å².